The summed E-state index contributed by atoms with van der Waals surface area (Å²) in [4.78, 5) is 54.1. The second-order valence-electron chi connectivity index (χ2n) is 9.12. The number of hydrogen-bond acceptors (Lipinski definition) is 4. The van der Waals surface area contributed by atoms with Crippen LogP contribution in [0, 0.1) is 30.6 Å². The van der Waals surface area contributed by atoms with Crippen LogP contribution >= 0.6 is 43.5 Å². The van der Waals surface area contributed by atoms with Crippen LogP contribution in [-0.4, -0.2) is 49.7 Å². The Bertz CT molecular complexity index is 1170. The van der Waals surface area contributed by atoms with Crippen molar-refractivity contribution < 1.29 is 19.2 Å². The first-order chi connectivity index (χ1) is 16.2. The molecule has 6 atom stereocenters. The standard InChI is InChI=1S/C25H21Br2ClN2O4/c1-12-6-8-13(9-7-12)18(31)11-29(23(32)14-4-2-3-5-17(14)28)30-24(33)19-15-10-16(20(19)25(30)34)22(27)21(15)26/h2-9,15-16,19-22H,10-11H2,1H3/t15-,16-,19-,20-,21-,22+/m1/s1. The van der Waals surface area contributed by atoms with Gasteiger partial charge in [-0.3, -0.25) is 19.2 Å². The maximum Gasteiger partial charge on any atom is 0.274 e. The highest BCUT2D eigenvalue weighted by molar-refractivity contribution is 9.12. The van der Waals surface area contributed by atoms with Crippen molar-refractivity contribution >= 4 is 67.0 Å². The number of fused-ring (bicyclic) bond motifs is 5. The number of benzene rings is 2. The van der Waals surface area contributed by atoms with Gasteiger partial charge in [-0.2, -0.15) is 5.01 Å². The number of halogens is 3. The first-order valence-corrected chi connectivity index (χ1v) is 13.2. The second-order valence-corrected chi connectivity index (χ2v) is 11.6. The monoisotopic (exact) mass is 606 g/mol. The summed E-state index contributed by atoms with van der Waals surface area (Å²) in [5, 5.41) is 2.08. The number of imide groups is 1. The van der Waals surface area contributed by atoms with Gasteiger partial charge < -0.3 is 0 Å². The molecule has 0 unspecified atom stereocenters. The lowest BCUT2D eigenvalue weighted by molar-refractivity contribution is -0.154. The second kappa shape index (κ2) is 8.88. The summed E-state index contributed by atoms with van der Waals surface area (Å²) in [7, 11) is 0. The fourth-order valence-corrected chi connectivity index (χ4v) is 7.63. The van der Waals surface area contributed by atoms with Gasteiger partial charge in [0.1, 0.15) is 6.54 Å². The fraction of sp³-hybridized carbons (Fsp3) is 0.360. The van der Waals surface area contributed by atoms with Crippen LogP contribution in [0.2, 0.25) is 5.02 Å². The molecule has 2 aromatic carbocycles. The smallest absolute Gasteiger partial charge is 0.274 e. The number of aryl methyl sites for hydroxylation is 1. The summed E-state index contributed by atoms with van der Waals surface area (Å²) >= 11 is 13.6. The molecule has 6 nitrogen and oxygen atoms in total. The van der Waals surface area contributed by atoms with E-state index < -0.39 is 36.1 Å². The molecule has 176 valence electrons. The zero-order valence-corrected chi connectivity index (χ0v) is 22.1. The molecule has 2 aliphatic carbocycles. The fourth-order valence-electron chi connectivity index (χ4n) is 5.54. The Morgan fingerprint density at radius 3 is 2.09 bits per heavy atom. The van der Waals surface area contributed by atoms with E-state index in [2.05, 4.69) is 31.9 Å². The van der Waals surface area contributed by atoms with Crippen LogP contribution in [0.1, 0.15) is 32.7 Å². The molecule has 0 radical (unpaired) electrons. The van der Waals surface area contributed by atoms with Gasteiger partial charge in [-0.15, -0.1) is 0 Å². The summed E-state index contributed by atoms with van der Waals surface area (Å²) in [6, 6.07) is 13.3. The number of nitrogens with zero attached hydrogens (tertiary/aromatic N) is 2. The molecule has 3 fully saturated rings. The summed E-state index contributed by atoms with van der Waals surface area (Å²) in [5.41, 5.74) is 1.50. The number of ketones is 1. The molecule has 0 N–H and O–H groups in total. The summed E-state index contributed by atoms with van der Waals surface area (Å²) < 4.78 is 0. The zero-order valence-electron chi connectivity index (χ0n) is 18.2. The molecule has 9 heteroatoms. The van der Waals surface area contributed by atoms with Crippen molar-refractivity contribution in [2.75, 3.05) is 6.54 Å². The number of hydrogen-bond donors (Lipinski definition) is 0. The highest BCUT2D eigenvalue weighted by Crippen LogP contribution is 2.60. The van der Waals surface area contributed by atoms with Crippen LogP contribution in [0.25, 0.3) is 0 Å². The number of amides is 3. The van der Waals surface area contributed by atoms with E-state index in [1.54, 1.807) is 42.5 Å². The minimum absolute atomic E-state index is 0.00843. The van der Waals surface area contributed by atoms with E-state index in [0.717, 1.165) is 22.0 Å². The first-order valence-electron chi connectivity index (χ1n) is 11.0. The lowest BCUT2D eigenvalue weighted by atomic mass is 9.81. The molecular weight excluding hydrogens is 588 g/mol. The number of carbonyl (C=O) groups is 4. The molecule has 34 heavy (non-hydrogen) atoms. The van der Waals surface area contributed by atoms with Gasteiger partial charge >= 0.3 is 0 Å². The summed E-state index contributed by atoms with van der Waals surface area (Å²) in [5.74, 6) is -2.93. The largest absolute Gasteiger partial charge is 0.292 e. The normalized spacial score (nSPS) is 29.5. The van der Waals surface area contributed by atoms with E-state index in [0.29, 0.717) is 5.56 Å². The summed E-state index contributed by atoms with van der Waals surface area (Å²) in [6.45, 7) is 1.46. The van der Waals surface area contributed by atoms with E-state index in [4.69, 9.17) is 11.6 Å². The average Bonchev–Trinajstić information content (AvgIpc) is 3.43. The lowest BCUT2D eigenvalue weighted by Gasteiger charge is -2.31. The van der Waals surface area contributed by atoms with Gasteiger partial charge in [-0.25, -0.2) is 5.01 Å². The van der Waals surface area contributed by atoms with Gasteiger partial charge in [0, 0.05) is 15.2 Å². The van der Waals surface area contributed by atoms with Crippen molar-refractivity contribution in [2.24, 2.45) is 23.7 Å². The Kier molecular flexibility index (Phi) is 6.19. The number of rotatable bonds is 5. The quantitative estimate of drug-likeness (QED) is 0.281. The van der Waals surface area contributed by atoms with E-state index in [-0.39, 0.29) is 37.9 Å². The molecule has 3 aliphatic rings. The molecule has 2 saturated carbocycles. The van der Waals surface area contributed by atoms with Gasteiger partial charge in [-0.05, 0) is 37.3 Å². The third kappa shape index (κ3) is 3.65. The van der Waals surface area contributed by atoms with Crippen LogP contribution < -0.4 is 0 Å². The molecule has 2 aromatic rings. The highest BCUT2D eigenvalue weighted by Gasteiger charge is 2.67. The Morgan fingerprint density at radius 1 is 0.971 bits per heavy atom. The molecular formula is C25H21Br2ClN2O4. The van der Waals surface area contributed by atoms with Crippen molar-refractivity contribution in [1.29, 1.82) is 0 Å². The minimum Gasteiger partial charge on any atom is -0.292 e. The van der Waals surface area contributed by atoms with Crippen LogP contribution in [0.4, 0.5) is 0 Å². The predicted molar refractivity (Wildman–Crippen MR) is 134 cm³/mol. The zero-order chi connectivity index (χ0) is 24.3. The van der Waals surface area contributed by atoms with Crippen LogP contribution in [0.15, 0.2) is 48.5 Å². The first kappa shape index (κ1) is 23.7. The van der Waals surface area contributed by atoms with E-state index in [9.17, 15) is 19.2 Å². The predicted octanol–water partition coefficient (Wildman–Crippen LogP) is 4.67. The summed E-state index contributed by atoms with van der Waals surface area (Å²) in [6.07, 6.45) is 0.771. The van der Waals surface area contributed by atoms with Gasteiger partial charge in [0.2, 0.25) is 0 Å². The maximum atomic E-state index is 13.6. The molecule has 5 rings (SSSR count). The number of hydrazine groups is 1. The third-order valence-electron chi connectivity index (χ3n) is 7.21. The molecule has 0 spiro atoms. The number of alkyl halides is 2. The van der Waals surface area contributed by atoms with Crippen LogP contribution in [0.5, 0.6) is 0 Å². The minimum atomic E-state index is -0.661. The van der Waals surface area contributed by atoms with E-state index in [1.807, 2.05) is 6.92 Å². The van der Waals surface area contributed by atoms with Crippen LogP contribution in [-0.2, 0) is 9.59 Å². The van der Waals surface area contributed by atoms with Gasteiger partial charge in [0.15, 0.2) is 5.78 Å². The number of carbonyl (C=O) groups excluding carboxylic acids is 4. The van der Waals surface area contributed by atoms with E-state index >= 15 is 0 Å². The lowest BCUT2D eigenvalue weighted by Crippen LogP contribution is -2.52. The van der Waals surface area contributed by atoms with Crippen LogP contribution in [0.3, 0.4) is 0 Å². The third-order valence-corrected chi connectivity index (χ3v) is 10.7. The molecule has 0 aromatic heterocycles. The van der Waals surface area contributed by atoms with Crippen molar-refractivity contribution in [1.82, 2.24) is 10.0 Å². The molecule has 2 bridgehead atoms. The van der Waals surface area contributed by atoms with Gasteiger partial charge in [0.05, 0.1) is 22.4 Å². The molecule has 1 saturated heterocycles. The average molecular weight is 609 g/mol. The van der Waals surface area contributed by atoms with Crippen molar-refractivity contribution in [3.63, 3.8) is 0 Å². The number of Topliss-reactive ketones (excluding diaryl/α,β-unsaturated/α-hetero) is 1. The maximum absolute atomic E-state index is 13.6. The van der Waals surface area contributed by atoms with E-state index in [1.165, 1.54) is 6.07 Å². The molecule has 3 amide bonds. The Balaban J connectivity index is 1.52. The Labute approximate surface area is 218 Å². The van der Waals surface area contributed by atoms with Gasteiger partial charge in [-0.1, -0.05) is 85.4 Å². The topological polar surface area (TPSA) is 74.8 Å². The molecule has 1 heterocycles. The van der Waals surface area contributed by atoms with Crippen molar-refractivity contribution in [3.05, 3.63) is 70.2 Å². The SMILES string of the molecule is Cc1ccc(C(=O)CN(C(=O)c2ccccc2Cl)N2C(=O)[C@@H]3[C@H]4C[C@@H]([C@@H](Br)[C@H]4Br)[C@H]3C2=O)cc1. The van der Waals surface area contributed by atoms with Gasteiger partial charge in [0.25, 0.3) is 17.7 Å². The van der Waals surface area contributed by atoms with Crippen molar-refractivity contribution in [3.8, 4) is 0 Å². The Morgan fingerprint density at radius 2 is 1.53 bits per heavy atom. The van der Waals surface area contributed by atoms with Crippen molar-refractivity contribution in [2.45, 2.75) is 23.0 Å². The Hall–Kier alpha value is -2.03. The highest BCUT2D eigenvalue weighted by atomic mass is 79.9. The molecule has 1 aliphatic heterocycles.